The van der Waals surface area contributed by atoms with Gasteiger partial charge in [-0.3, -0.25) is 15.0 Å². The number of pyridine rings is 3. The van der Waals surface area contributed by atoms with Crippen LogP contribution in [-0.2, 0) is 0 Å². The molecule has 5 heteroatoms. The fourth-order valence-electron chi connectivity index (χ4n) is 4.64. The standard InChI is InChI=1S/C30H16N4O/c31-15-18-3-9-28-23(12-18)24-13-21(7-10-29(24)35-28)26-8-6-22(16-33-26)27-14-20-5-4-19-2-1-11-32-30(19)25(20)17-34-27/h1-14,16-17H. The molecule has 4 heterocycles. The number of rotatable bonds is 2. The minimum Gasteiger partial charge on any atom is -0.456 e. The van der Waals surface area contributed by atoms with Gasteiger partial charge in [-0.05, 0) is 66.0 Å². The molecule has 0 N–H and O–H groups in total. The molecule has 162 valence electrons. The zero-order valence-corrected chi connectivity index (χ0v) is 18.4. The van der Waals surface area contributed by atoms with E-state index in [0.29, 0.717) is 5.56 Å². The molecule has 5 nitrogen and oxygen atoms in total. The number of hydrogen-bond acceptors (Lipinski definition) is 5. The van der Waals surface area contributed by atoms with Gasteiger partial charge in [-0.15, -0.1) is 0 Å². The largest absolute Gasteiger partial charge is 0.456 e. The molecule has 0 amide bonds. The molecule has 0 saturated carbocycles. The van der Waals surface area contributed by atoms with Crippen molar-refractivity contribution >= 4 is 43.6 Å². The molecule has 0 fully saturated rings. The minimum atomic E-state index is 0.611. The third kappa shape index (κ3) is 3.12. The molecule has 0 saturated heterocycles. The summed E-state index contributed by atoms with van der Waals surface area (Å²) >= 11 is 0. The third-order valence-electron chi connectivity index (χ3n) is 6.43. The first-order valence-corrected chi connectivity index (χ1v) is 11.2. The summed E-state index contributed by atoms with van der Waals surface area (Å²) in [4.78, 5) is 13.9. The number of aromatic nitrogens is 3. The van der Waals surface area contributed by atoms with Gasteiger partial charge < -0.3 is 4.42 Å². The molecule has 35 heavy (non-hydrogen) atoms. The Morgan fingerprint density at radius 1 is 0.629 bits per heavy atom. The zero-order valence-electron chi connectivity index (χ0n) is 18.4. The van der Waals surface area contributed by atoms with E-state index in [1.54, 1.807) is 6.07 Å². The van der Waals surface area contributed by atoms with Gasteiger partial charge in [0.25, 0.3) is 0 Å². The number of hydrogen-bond donors (Lipinski definition) is 0. The number of nitriles is 1. The molecule has 0 spiro atoms. The molecule has 7 aromatic rings. The summed E-state index contributed by atoms with van der Waals surface area (Å²) in [6.07, 6.45) is 5.56. The second-order valence-electron chi connectivity index (χ2n) is 8.50. The molecule has 0 bridgehead atoms. The number of fused-ring (bicyclic) bond motifs is 6. The summed E-state index contributed by atoms with van der Waals surface area (Å²) in [7, 11) is 0. The zero-order chi connectivity index (χ0) is 23.4. The van der Waals surface area contributed by atoms with Crippen LogP contribution in [0.3, 0.4) is 0 Å². The van der Waals surface area contributed by atoms with E-state index in [4.69, 9.17) is 14.4 Å². The molecule has 0 aliphatic rings. The predicted octanol–water partition coefficient (Wildman–Crippen LogP) is 7.28. The maximum absolute atomic E-state index is 9.27. The number of benzene rings is 3. The molecule has 0 radical (unpaired) electrons. The van der Waals surface area contributed by atoms with E-state index in [1.165, 1.54) is 0 Å². The van der Waals surface area contributed by atoms with E-state index in [-0.39, 0.29) is 0 Å². The Labute approximate surface area is 199 Å². The molecule has 0 unspecified atom stereocenters. The first-order valence-electron chi connectivity index (χ1n) is 11.2. The lowest BCUT2D eigenvalue weighted by Crippen LogP contribution is -1.89. The molecule has 7 rings (SSSR count). The molecule has 3 aromatic carbocycles. The molecule has 4 aromatic heterocycles. The third-order valence-corrected chi connectivity index (χ3v) is 6.43. The van der Waals surface area contributed by atoms with Crippen molar-refractivity contribution in [2.45, 2.75) is 0 Å². The van der Waals surface area contributed by atoms with Crippen LogP contribution >= 0.6 is 0 Å². The van der Waals surface area contributed by atoms with Gasteiger partial charge in [-0.2, -0.15) is 5.26 Å². The lowest BCUT2D eigenvalue weighted by atomic mass is 10.0. The Morgan fingerprint density at radius 3 is 2.29 bits per heavy atom. The van der Waals surface area contributed by atoms with Crippen LogP contribution in [0.25, 0.3) is 66.1 Å². The van der Waals surface area contributed by atoms with Crippen molar-refractivity contribution in [1.82, 2.24) is 15.0 Å². The first-order chi connectivity index (χ1) is 17.3. The highest BCUT2D eigenvalue weighted by molar-refractivity contribution is 6.07. The van der Waals surface area contributed by atoms with Gasteiger partial charge in [0.05, 0.1) is 28.5 Å². The summed E-state index contributed by atoms with van der Waals surface area (Å²) in [5.41, 5.74) is 6.79. The van der Waals surface area contributed by atoms with Crippen molar-refractivity contribution in [3.05, 3.63) is 103 Å². The van der Waals surface area contributed by atoms with E-state index in [2.05, 4.69) is 41.4 Å². The lowest BCUT2D eigenvalue weighted by molar-refractivity contribution is 0.669. The smallest absolute Gasteiger partial charge is 0.135 e. The fourth-order valence-corrected chi connectivity index (χ4v) is 4.64. The van der Waals surface area contributed by atoms with Crippen molar-refractivity contribution in [2.75, 3.05) is 0 Å². The van der Waals surface area contributed by atoms with Crippen LogP contribution in [0.5, 0.6) is 0 Å². The van der Waals surface area contributed by atoms with Crippen molar-refractivity contribution in [3.8, 4) is 28.6 Å². The molecular formula is C30H16N4O. The van der Waals surface area contributed by atoms with Crippen molar-refractivity contribution in [1.29, 1.82) is 5.26 Å². The van der Waals surface area contributed by atoms with Crippen LogP contribution in [-0.4, -0.2) is 15.0 Å². The van der Waals surface area contributed by atoms with Crippen LogP contribution in [0.2, 0.25) is 0 Å². The second-order valence-corrected chi connectivity index (χ2v) is 8.50. The Balaban J connectivity index is 1.27. The van der Waals surface area contributed by atoms with Crippen LogP contribution in [0.1, 0.15) is 5.56 Å². The summed E-state index contributed by atoms with van der Waals surface area (Å²) in [5.74, 6) is 0. The fraction of sp³-hybridized carbons (Fsp3) is 0. The normalized spacial score (nSPS) is 11.4. The van der Waals surface area contributed by atoms with Gasteiger partial charge in [0.15, 0.2) is 0 Å². The van der Waals surface area contributed by atoms with E-state index in [0.717, 1.165) is 66.1 Å². The number of nitrogens with zero attached hydrogens (tertiary/aromatic N) is 4. The maximum atomic E-state index is 9.27. The summed E-state index contributed by atoms with van der Waals surface area (Å²) in [6, 6.07) is 28.0. The van der Waals surface area contributed by atoms with Crippen molar-refractivity contribution < 1.29 is 4.42 Å². The molecular weight excluding hydrogens is 432 g/mol. The van der Waals surface area contributed by atoms with Crippen molar-refractivity contribution in [2.24, 2.45) is 0 Å². The van der Waals surface area contributed by atoms with Gasteiger partial charge in [0.1, 0.15) is 11.2 Å². The van der Waals surface area contributed by atoms with Crippen molar-refractivity contribution in [3.63, 3.8) is 0 Å². The average Bonchev–Trinajstić information content (AvgIpc) is 3.30. The monoisotopic (exact) mass is 448 g/mol. The molecule has 0 atom stereocenters. The Hall–Kier alpha value is -5.08. The Kier molecular flexibility index (Phi) is 4.14. The quantitative estimate of drug-likeness (QED) is 0.260. The average molecular weight is 448 g/mol. The number of furan rings is 1. The summed E-state index contributed by atoms with van der Waals surface area (Å²) < 4.78 is 5.94. The Bertz CT molecular complexity index is 1960. The summed E-state index contributed by atoms with van der Waals surface area (Å²) in [5, 5.41) is 14.4. The highest BCUT2D eigenvalue weighted by Crippen LogP contribution is 2.33. The van der Waals surface area contributed by atoms with E-state index < -0.39 is 0 Å². The van der Waals surface area contributed by atoms with Gasteiger partial charge in [0, 0.05) is 51.3 Å². The predicted molar refractivity (Wildman–Crippen MR) is 138 cm³/mol. The minimum absolute atomic E-state index is 0.611. The van der Waals surface area contributed by atoms with Crippen LogP contribution < -0.4 is 0 Å². The van der Waals surface area contributed by atoms with E-state index in [9.17, 15) is 5.26 Å². The second kappa shape index (κ2) is 7.47. The SMILES string of the molecule is N#Cc1ccc2oc3ccc(-c4ccc(-c5cc6ccc7cccnc7c6cn5)cn4)cc3c2c1. The van der Waals surface area contributed by atoms with Gasteiger partial charge in [0.2, 0.25) is 0 Å². The van der Waals surface area contributed by atoms with E-state index in [1.807, 2.05) is 61.1 Å². The molecule has 0 aliphatic carbocycles. The van der Waals surface area contributed by atoms with Crippen LogP contribution in [0.15, 0.2) is 102 Å². The highest BCUT2D eigenvalue weighted by atomic mass is 16.3. The van der Waals surface area contributed by atoms with Crippen LogP contribution in [0.4, 0.5) is 0 Å². The Morgan fingerprint density at radius 2 is 1.43 bits per heavy atom. The summed E-state index contributed by atoms with van der Waals surface area (Å²) in [6.45, 7) is 0. The molecule has 0 aliphatic heterocycles. The first kappa shape index (κ1) is 19.4. The topological polar surface area (TPSA) is 75.6 Å². The van der Waals surface area contributed by atoms with Crippen LogP contribution in [0, 0.1) is 11.3 Å². The lowest BCUT2D eigenvalue weighted by Gasteiger charge is -2.07. The highest BCUT2D eigenvalue weighted by Gasteiger charge is 2.11. The maximum Gasteiger partial charge on any atom is 0.135 e. The van der Waals surface area contributed by atoms with Gasteiger partial charge in [-0.1, -0.05) is 18.2 Å². The van der Waals surface area contributed by atoms with E-state index >= 15 is 0 Å². The van der Waals surface area contributed by atoms with Gasteiger partial charge >= 0.3 is 0 Å². The van der Waals surface area contributed by atoms with Gasteiger partial charge in [-0.25, -0.2) is 0 Å².